The maximum atomic E-state index is 13.0. The second-order valence-electron chi connectivity index (χ2n) is 7.46. The molecule has 0 bridgehead atoms. The van der Waals surface area contributed by atoms with Crippen LogP contribution in [0.25, 0.3) is 0 Å². The number of carbonyl (C=O) groups is 2. The maximum Gasteiger partial charge on any atom is 0.389 e. The predicted octanol–water partition coefficient (Wildman–Crippen LogP) is 1.77. The van der Waals surface area contributed by atoms with Gasteiger partial charge >= 0.3 is 6.18 Å². The van der Waals surface area contributed by atoms with Crippen LogP contribution in [0, 0.1) is 0 Å². The van der Waals surface area contributed by atoms with Crippen molar-refractivity contribution in [2.24, 2.45) is 0 Å². The van der Waals surface area contributed by atoms with Gasteiger partial charge in [-0.3, -0.25) is 9.59 Å². The summed E-state index contributed by atoms with van der Waals surface area (Å²) in [5, 5.41) is 8.20. The Bertz CT molecular complexity index is 747. The minimum Gasteiger partial charge on any atom is -0.337 e. The topological polar surface area (TPSA) is 71.3 Å². The summed E-state index contributed by atoms with van der Waals surface area (Å²) < 4.78 is 39.1. The standard InChI is InChI=1S/C17H22F3N5O2/c18-17(19,20)7-4-14(26)23-9-5-12-11(23)6-10-24(12)16(27)15-22-21-13-3-1-2-8-25(13)15/h11-12H,1-10H2/t11-,12-/m0/s1. The van der Waals surface area contributed by atoms with E-state index in [4.69, 9.17) is 0 Å². The fourth-order valence-corrected chi connectivity index (χ4v) is 4.54. The molecule has 4 rings (SSSR count). The summed E-state index contributed by atoms with van der Waals surface area (Å²) in [5.41, 5.74) is 0. The highest BCUT2D eigenvalue weighted by molar-refractivity contribution is 5.91. The first-order valence-corrected chi connectivity index (χ1v) is 9.44. The zero-order chi connectivity index (χ0) is 19.2. The van der Waals surface area contributed by atoms with E-state index in [1.54, 1.807) is 4.90 Å². The molecule has 2 atom stereocenters. The monoisotopic (exact) mass is 385 g/mol. The summed E-state index contributed by atoms with van der Waals surface area (Å²) in [5.74, 6) is 0.504. The van der Waals surface area contributed by atoms with E-state index in [1.807, 2.05) is 4.57 Å². The molecule has 2 amide bonds. The van der Waals surface area contributed by atoms with Crippen molar-refractivity contribution in [2.75, 3.05) is 13.1 Å². The highest BCUT2D eigenvalue weighted by atomic mass is 19.4. The van der Waals surface area contributed by atoms with Gasteiger partial charge in [0.25, 0.3) is 5.91 Å². The second kappa shape index (κ2) is 6.79. The van der Waals surface area contributed by atoms with Crippen LogP contribution in [-0.2, 0) is 17.8 Å². The van der Waals surface area contributed by atoms with Crippen LogP contribution >= 0.6 is 0 Å². The van der Waals surface area contributed by atoms with Gasteiger partial charge in [-0.15, -0.1) is 10.2 Å². The van der Waals surface area contributed by atoms with E-state index in [0.717, 1.165) is 31.6 Å². The average Bonchev–Trinajstić information content (AvgIpc) is 3.32. The van der Waals surface area contributed by atoms with Crippen molar-refractivity contribution in [3.05, 3.63) is 11.6 Å². The summed E-state index contributed by atoms with van der Waals surface area (Å²) in [7, 11) is 0. The Labute approximate surface area is 154 Å². The first-order chi connectivity index (χ1) is 12.8. The number of hydrogen-bond acceptors (Lipinski definition) is 4. The van der Waals surface area contributed by atoms with Crippen LogP contribution in [0.3, 0.4) is 0 Å². The van der Waals surface area contributed by atoms with Crippen LogP contribution in [0.15, 0.2) is 0 Å². The Hall–Kier alpha value is -2.13. The number of amides is 2. The van der Waals surface area contributed by atoms with Gasteiger partial charge in [-0.1, -0.05) is 0 Å². The molecule has 1 aromatic heterocycles. The maximum absolute atomic E-state index is 13.0. The number of nitrogens with zero attached hydrogens (tertiary/aromatic N) is 5. The number of aryl methyl sites for hydroxylation is 1. The third-order valence-corrected chi connectivity index (χ3v) is 5.83. The molecule has 3 aliphatic rings. The molecule has 27 heavy (non-hydrogen) atoms. The average molecular weight is 385 g/mol. The molecule has 0 aromatic carbocycles. The van der Waals surface area contributed by atoms with Gasteiger partial charge < -0.3 is 14.4 Å². The summed E-state index contributed by atoms with van der Waals surface area (Å²) in [6, 6.07) is -0.345. The van der Waals surface area contributed by atoms with E-state index in [-0.39, 0.29) is 18.0 Å². The Morgan fingerprint density at radius 3 is 2.44 bits per heavy atom. The number of likely N-dealkylation sites (tertiary alicyclic amines) is 2. The van der Waals surface area contributed by atoms with E-state index in [2.05, 4.69) is 10.2 Å². The first kappa shape index (κ1) is 18.2. The predicted molar refractivity (Wildman–Crippen MR) is 87.8 cm³/mol. The molecule has 7 nitrogen and oxygen atoms in total. The molecule has 10 heteroatoms. The van der Waals surface area contributed by atoms with Gasteiger partial charge in [0.15, 0.2) is 0 Å². The molecule has 2 fully saturated rings. The zero-order valence-corrected chi connectivity index (χ0v) is 14.9. The fourth-order valence-electron chi connectivity index (χ4n) is 4.54. The van der Waals surface area contributed by atoms with Gasteiger partial charge in [-0.05, 0) is 25.7 Å². The quantitative estimate of drug-likeness (QED) is 0.795. The van der Waals surface area contributed by atoms with Crippen LogP contribution in [0.1, 0.15) is 55.0 Å². The molecule has 2 saturated heterocycles. The summed E-state index contributed by atoms with van der Waals surface area (Å²) >= 11 is 0. The normalized spacial score (nSPS) is 24.9. The molecule has 0 N–H and O–H groups in total. The highest BCUT2D eigenvalue weighted by Gasteiger charge is 2.47. The Kier molecular flexibility index (Phi) is 4.59. The smallest absolute Gasteiger partial charge is 0.337 e. The lowest BCUT2D eigenvalue weighted by molar-refractivity contribution is -0.149. The Balaban J connectivity index is 1.44. The zero-order valence-electron chi connectivity index (χ0n) is 14.9. The molecule has 0 saturated carbocycles. The lowest BCUT2D eigenvalue weighted by Crippen LogP contribution is -2.42. The van der Waals surface area contributed by atoms with Crippen molar-refractivity contribution in [3.8, 4) is 0 Å². The number of fused-ring (bicyclic) bond motifs is 2. The number of hydrogen-bond donors (Lipinski definition) is 0. The van der Waals surface area contributed by atoms with Crippen LogP contribution in [0.4, 0.5) is 13.2 Å². The number of aromatic nitrogens is 3. The van der Waals surface area contributed by atoms with Crippen LogP contribution in [0.2, 0.25) is 0 Å². The number of halogens is 3. The lowest BCUT2D eigenvalue weighted by atomic mass is 10.1. The van der Waals surface area contributed by atoms with Gasteiger partial charge in [0.1, 0.15) is 5.82 Å². The van der Waals surface area contributed by atoms with E-state index in [1.165, 1.54) is 4.90 Å². The SMILES string of the molecule is O=C(CCC(F)(F)F)N1CC[C@H]2[C@@H]1CCN2C(=O)c1nnc2n1CCCC2. The van der Waals surface area contributed by atoms with Crippen molar-refractivity contribution < 1.29 is 22.8 Å². The Morgan fingerprint density at radius 1 is 1.00 bits per heavy atom. The number of alkyl halides is 3. The third-order valence-electron chi connectivity index (χ3n) is 5.83. The highest BCUT2D eigenvalue weighted by Crippen LogP contribution is 2.34. The molecule has 1 aromatic rings. The lowest BCUT2D eigenvalue weighted by Gasteiger charge is -2.26. The molecule has 0 spiro atoms. The molecule has 148 valence electrons. The van der Waals surface area contributed by atoms with E-state index in [9.17, 15) is 22.8 Å². The molecule has 0 radical (unpaired) electrons. The summed E-state index contributed by atoms with van der Waals surface area (Å²) in [6.07, 6.45) is -1.95. The fraction of sp³-hybridized carbons (Fsp3) is 0.765. The van der Waals surface area contributed by atoms with Crippen LogP contribution in [-0.4, -0.2) is 67.7 Å². The van der Waals surface area contributed by atoms with E-state index < -0.39 is 24.9 Å². The largest absolute Gasteiger partial charge is 0.389 e. The molecule has 0 unspecified atom stereocenters. The van der Waals surface area contributed by atoms with Crippen molar-refractivity contribution in [3.63, 3.8) is 0 Å². The van der Waals surface area contributed by atoms with Gasteiger partial charge in [-0.2, -0.15) is 13.2 Å². The van der Waals surface area contributed by atoms with Crippen molar-refractivity contribution in [2.45, 2.75) is 69.8 Å². The van der Waals surface area contributed by atoms with Gasteiger partial charge in [0.2, 0.25) is 11.7 Å². The minimum absolute atomic E-state index is 0.149. The van der Waals surface area contributed by atoms with E-state index >= 15 is 0 Å². The number of carbonyl (C=O) groups excluding carboxylic acids is 2. The molecular weight excluding hydrogens is 363 g/mol. The number of rotatable bonds is 3. The Morgan fingerprint density at radius 2 is 1.70 bits per heavy atom. The van der Waals surface area contributed by atoms with Crippen molar-refractivity contribution in [1.29, 1.82) is 0 Å². The van der Waals surface area contributed by atoms with Crippen LogP contribution in [0.5, 0.6) is 0 Å². The van der Waals surface area contributed by atoms with Gasteiger partial charge in [0.05, 0.1) is 18.5 Å². The van der Waals surface area contributed by atoms with Gasteiger partial charge in [-0.25, -0.2) is 0 Å². The first-order valence-electron chi connectivity index (χ1n) is 9.44. The minimum atomic E-state index is -4.33. The molecule has 4 heterocycles. The van der Waals surface area contributed by atoms with Crippen molar-refractivity contribution >= 4 is 11.8 Å². The summed E-state index contributed by atoms with van der Waals surface area (Å²) in [4.78, 5) is 28.5. The van der Waals surface area contributed by atoms with Crippen LogP contribution < -0.4 is 0 Å². The molecular formula is C17H22F3N5O2. The molecule has 0 aliphatic carbocycles. The summed E-state index contributed by atoms with van der Waals surface area (Å²) in [6.45, 7) is 1.61. The second-order valence-corrected chi connectivity index (χ2v) is 7.46. The van der Waals surface area contributed by atoms with Gasteiger partial charge in [0, 0.05) is 32.5 Å². The molecule has 3 aliphatic heterocycles. The van der Waals surface area contributed by atoms with E-state index in [0.29, 0.717) is 31.8 Å². The third kappa shape index (κ3) is 3.41. The van der Waals surface area contributed by atoms with Crippen molar-refractivity contribution in [1.82, 2.24) is 24.6 Å².